The highest BCUT2D eigenvalue weighted by molar-refractivity contribution is 9.10. The molecule has 2 N–H and O–H groups in total. The summed E-state index contributed by atoms with van der Waals surface area (Å²) in [5, 5.41) is 5.37. The second-order valence-electron chi connectivity index (χ2n) is 4.39. The van der Waals surface area contributed by atoms with Crippen LogP contribution in [0.4, 0.5) is 20.6 Å². The number of benzene rings is 2. The summed E-state index contributed by atoms with van der Waals surface area (Å²) in [7, 11) is 1.57. The van der Waals surface area contributed by atoms with Gasteiger partial charge in [-0.25, -0.2) is 9.18 Å². The van der Waals surface area contributed by atoms with Gasteiger partial charge < -0.3 is 15.4 Å². The number of amides is 2. The Morgan fingerprint density at radius 3 is 2.48 bits per heavy atom. The number of methoxy groups -OCH3 is 1. The first-order valence-electron chi connectivity index (χ1n) is 6.17. The SMILES string of the molecule is COc1ccc(NC(=O)Nc2cc(Br)c(F)cc2C)cc1. The van der Waals surface area contributed by atoms with Gasteiger partial charge in [-0.3, -0.25) is 0 Å². The third-order valence-electron chi connectivity index (χ3n) is 2.86. The average molecular weight is 353 g/mol. The average Bonchev–Trinajstić information content (AvgIpc) is 2.45. The lowest BCUT2D eigenvalue weighted by molar-refractivity contribution is 0.262. The predicted molar refractivity (Wildman–Crippen MR) is 84.5 cm³/mol. The molecule has 2 rings (SSSR count). The summed E-state index contributed by atoms with van der Waals surface area (Å²) in [4.78, 5) is 11.9. The molecular weight excluding hydrogens is 339 g/mol. The van der Waals surface area contributed by atoms with Crippen molar-refractivity contribution in [1.29, 1.82) is 0 Å². The molecule has 0 bridgehead atoms. The van der Waals surface area contributed by atoms with E-state index < -0.39 is 6.03 Å². The zero-order valence-corrected chi connectivity index (χ0v) is 13.1. The lowest BCUT2D eigenvalue weighted by atomic mass is 10.2. The number of carbonyl (C=O) groups excluding carboxylic acids is 1. The van der Waals surface area contributed by atoms with Gasteiger partial charge in [-0.05, 0) is 64.8 Å². The summed E-state index contributed by atoms with van der Waals surface area (Å²) in [6.07, 6.45) is 0. The first-order valence-corrected chi connectivity index (χ1v) is 6.96. The largest absolute Gasteiger partial charge is 0.497 e. The van der Waals surface area contributed by atoms with Crippen LogP contribution in [-0.2, 0) is 0 Å². The fraction of sp³-hybridized carbons (Fsp3) is 0.133. The number of aryl methyl sites for hydroxylation is 1. The Labute approximate surface area is 130 Å². The lowest BCUT2D eigenvalue weighted by Crippen LogP contribution is -2.20. The number of carbonyl (C=O) groups is 1. The minimum atomic E-state index is -0.401. The van der Waals surface area contributed by atoms with Crippen LogP contribution in [0.2, 0.25) is 0 Å². The number of hydrogen-bond donors (Lipinski definition) is 2. The molecule has 0 radical (unpaired) electrons. The highest BCUT2D eigenvalue weighted by Crippen LogP contribution is 2.24. The molecule has 0 aliphatic rings. The van der Waals surface area contributed by atoms with Crippen molar-refractivity contribution in [3.8, 4) is 5.75 Å². The predicted octanol–water partition coefficient (Wildman–Crippen LogP) is 4.55. The zero-order chi connectivity index (χ0) is 15.4. The summed E-state index contributed by atoms with van der Waals surface area (Å²) in [5.41, 5.74) is 1.81. The molecule has 2 amide bonds. The van der Waals surface area contributed by atoms with Gasteiger partial charge in [-0.1, -0.05) is 0 Å². The zero-order valence-electron chi connectivity index (χ0n) is 11.5. The molecule has 0 spiro atoms. The summed E-state index contributed by atoms with van der Waals surface area (Å²) >= 11 is 3.09. The van der Waals surface area contributed by atoms with Crippen LogP contribution in [0.3, 0.4) is 0 Å². The van der Waals surface area contributed by atoms with Crippen molar-refractivity contribution in [3.63, 3.8) is 0 Å². The van der Waals surface area contributed by atoms with E-state index in [4.69, 9.17) is 4.74 Å². The molecule has 21 heavy (non-hydrogen) atoms. The second kappa shape index (κ2) is 6.58. The van der Waals surface area contributed by atoms with E-state index in [2.05, 4.69) is 26.6 Å². The first-order chi connectivity index (χ1) is 9.99. The van der Waals surface area contributed by atoms with Crippen LogP contribution in [0, 0.1) is 12.7 Å². The van der Waals surface area contributed by atoms with Crippen LogP contribution in [0.15, 0.2) is 40.9 Å². The fourth-order valence-electron chi connectivity index (χ4n) is 1.74. The second-order valence-corrected chi connectivity index (χ2v) is 5.24. The molecule has 0 unspecified atom stereocenters. The molecule has 0 aliphatic heterocycles. The van der Waals surface area contributed by atoms with Gasteiger partial charge in [0.1, 0.15) is 11.6 Å². The number of ether oxygens (including phenoxy) is 1. The van der Waals surface area contributed by atoms with Crippen LogP contribution < -0.4 is 15.4 Å². The summed E-state index contributed by atoms with van der Waals surface area (Å²) < 4.78 is 18.7. The van der Waals surface area contributed by atoms with E-state index in [1.165, 1.54) is 12.1 Å². The maximum absolute atomic E-state index is 13.3. The van der Waals surface area contributed by atoms with Gasteiger partial charge in [0.15, 0.2) is 0 Å². The normalized spacial score (nSPS) is 10.1. The third-order valence-corrected chi connectivity index (χ3v) is 3.47. The van der Waals surface area contributed by atoms with Gasteiger partial charge in [0, 0.05) is 11.4 Å². The molecule has 0 fully saturated rings. The molecule has 0 saturated heterocycles. The van der Waals surface area contributed by atoms with Gasteiger partial charge in [0.05, 0.1) is 11.6 Å². The minimum absolute atomic E-state index is 0.299. The molecule has 2 aromatic carbocycles. The highest BCUT2D eigenvalue weighted by Gasteiger charge is 2.08. The third kappa shape index (κ3) is 3.95. The van der Waals surface area contributed by atoms with E-state index >= 15 is 0 Å². The number of anilines is 2. The topological polar surface area (TPSA) is 50.4 Å². The number of urea groups is 1. The molecule has 2 aromatic rings. The Hall–Kier alpha value is -2.08. The highest BCUT2D eigenvalue weighted by atomic mass is 79.9. The first kappa shape index (κ1) is 15.3. The van der Waals surface area contributed by atoms with Gasteiger partial charge in [0.25, 0.3) is 0 Å². The minimum Gasteiger partial charge on any atom is -0.497 e. The van der Waals surface area contributed by atoms with Crippen LogP contribution in [-0.4, -0.2) is 13.1 Å². The molecule has 0 heterocycles. The van der Waals surface area contributed by atoms with Crippen molar-refractivity contribution in [3.05, 3.63) is 52.3 Å². The summed E-state index contributed by atoms with van der Waals surface area (Å²) in [6.45, 7) is 1.72. The standard InChI is InChI=1S/C15H14BrFN2O2/c1-9-7-13(17)12(16)8-14(9)19-15(20)18-10-3-5-11(21-2)6-4-10/h3-8H,1-2H3,(H2,18,19,20). The van der Waals surface area contributed by atoms with Crippen molar-refractivity contribution >= 4 is 33.3 Å². The van der Waals surface area contributed by atoms with Crippen molar-refractivity contribution < 1.29 is 13.9 Å². The Morgan fingerprint density at radius 1 is 1.19 bits per heavy atom. The Balaban J connectivity index is 2.06. The van der Waals surface area contributed by atoms with Gasteiger partial charge in [-0.2, -0.15) is 0 Å². The van der Waals surface area contributed by atoms with E-state index in [-0.39, 0.29) is 5.82 Å². The fourth-order valence-corrected chi connectivity index (χ4v) is 2.08. The summed E-state index contributed by atoms with van der Waals surface area (Å²) in [5.74, 6) is 0.341. The van der Waals surface area contributed by atoms with Gasteiger partial charge >= 0.3 is 6.03 Å². The van der Waals surface area contributed by atoms with Gasteiger partial charge in [0.2, 0.25) is 0 Å². The maximum Gasteiger partial charge on any atom is 0.323 e. The number of rotatable bonds is 3. The van der Waals surface area contributed by atoms with Crippen molar-refractivity contribution in [2.45, 2.75) is 6.92 Å². The van der Waals surface area contributed by atoms with Gasteiger partial charge in [-0.15, -0.1) is 0 Å². The van der Waals surface area contributed by atoms with Crippen LogP contribution in [0.1, 0.15) is 5.56 Å². The molecule has 0 aromatic heterocycles. The number of halogens is 2. The number of nitrogens with one attached hydrogen (secondary N) is 2. The molecule has 0 saturated carbocycles. The van der Waals surface area contributed by atoms with E-state index in [0.717, 1.165) is 0 Å². The van der Waals surface area contributed by atoms with E-state index in [1.807, 2.05) is 0 Å². The van der Waals surface area contributed by atoms with E-state index in [9.17, 15) is 9.18 Å². The van der Waals surface area contributed by atoms with Crippen LogP contribution >= 0.6 is 15.9 Å². The molecule has 0 aliphatic carbocycles. The Bertz CT molecular complexity index is 659. The lowest BCUT2D eigenvalue weighted by Gasteiger charge is -2.11. The molecule has 6 heteroatoms. The monoisotopic (exact) mass is 352 g/mol. The quantitative estimate of drug-likeness (QED) is 0.851. The maximum atomic E-state index is 13.3. The van der Waals surface area contributed by atoms with E-state index in [1.54, 1.807) is 38.3 Å². The Morgan fingerprint density at radius 2 is 1.86 bits per heavy atom. The van der Waals surface area contributed by atoms with Crippen LogP contribution in [0.25, 0.3) is 0 Å². The molecule has 4 nitrogen and oxygen atoms in total. The van der Waals surface area contributed by atoms with Crippen LogP contribution in [0.5, 0.6) is 5.75 Å². The van der Waals surface area contributed by atoms with Crippen molar-refractivity contribution in [2.24, 2.45) is 0 Å². The summed E-state index contributed by atoms with van der Waals surface area (Å²) in [6, 6.07) is 9.43. The smallest absolute Gasteiger partial charge is 0.323 e. The van der Waals surface area contributed by atoms with E-state index in [0.29, 0.717) is 27.2 Å². The van der Waals surface area contributed by atoms with Crippen molar-refractivity contribution in [2.75, 3.05) is 17.7 Å². The van der Waals surface area contributed by atoms with Crippen molar-refractivity contribution in [1.82, 2.24) is 0 Å². The number of hydrogen-bond acceptors (Lipinski definition) is 2. The molecule has 110 valence electrons. The molecule has 0 atom stereocenters. The Kier molecular flexibility index (Phi) is 4.80. The molecular formula is C15H14BrFN2O2.